The van der Waals surface area contributed by atoms with Crippen molar-refractivity contribution >= 4 is 11.7 Å². The van der Waals surface area contributed by atoms with Crippen LogP contribution >= 0.6 is 0 Å². The number of amides is 1. The van der Waals surface area contributed by atoms with Crippen LogP contribution in [0.1, 0.15) is 32.6 Å². The van der Waals surface area contributed by atoms with Crippen LogP contribution in [0.25, 0.3) is 0 Å². The van der Waals surface area contributed by atoms with Gasteiger partial charge in [0.15, 0.2) is 0 Å². The maximum atomic E-state index is 11.0. The first-order chi connectivity index (χ1) is 7.06. The lowest BCUT2D eigenvalue weighted by molar-refractivity contribution is -0.121. The summed E-state index contributed by atoms with van der Waals surface area (Å²) >= 11 is 0. The van der Waals surface area contributed by atoms with Crippen LogP contribution in [0.4, 0.5) is 0 Å². The quantitative estimate of drug-likeness (QED) is 0.608. The number of carbonyl (C=O) groups excluding carboxylic acids is 2. The van der Waals surface area contributed by atoms with Crippen LogP contribution < -0.4 is 5.32 Å². The van der Waals surface area contributed by atoms with Crippen molar-refractivity contribution in [2.45, 2.75) is 32.6 Å². The summed E-state index contributed by atoms with van der Waals surface area (Å²) < 4.78 is 0. The minimum absolute atomic E-state index is 0.0746. The average Bonchev–Trinajstić information content (AvgIpc) is 2.20. The molecule has 0 aliphatic heterocycles. The lowest BCUT2D eigenvalue weighted by atomic mass is 10.2. The summed E-state index contributed by atoms with van der Waals surface area (Å²) in [6, 6.07) is 0. The summed E-state index contributed by atoms with van der Waals surface area (Å²) in [6.07, 6.45) is 3.17. The van der Waals surface area contributed by atoms with E-state index in [1.54, 1.807) is 14.0 Å². The second-order valence-electron chi connectivity index (χ2n) is 3.89. The van der Waals surface area contributed by atoms with Crippen LogP contribution in [-0.4, -0.2) is 43.8 Å². The number of unbranched alkanes of at least 4 members (excludes halogenated alkanes) is 1. The van der Waals surface area contributed by atoms with E-state index in [9.17, 15) is 9.59 Å². The van der Waals surface area contributed by atoms with Crippen molar-refractivity contribution in [1.82, 2.24) is 10.2 Å². The highest BCUT2D eigenvalue weighted by atomic mass is 16.1. The molecular weight excluding hydrogens is 192 g/mol. The van der Waals surface area contributed by atoms with Gasteiger partial charge in [0.25, 0.3) is 0 Å². The van der Waals surface area contributed by atoms with Gasteiger partial charge in [-0.25, -0.2) is 0 Å². The van der Waals surface area contributed by atoms with Gasteiger partial charge in [0.05, 0.1) is 0 Å². The Morgan fingerprint density at radius 3 is 2.33 bits per heavy atom. The highest BCUT2D eigenvalue weighted by Gasteiger charge is 2.02. The van der Waals surface area contributed by atoms with Gasteiger partial charge in [-0.1, -0.05) is 0 Å². The Morgan fingerprint density at radius 2 is 1.80 bits per heavy atom. The Bertz CT molecular complexity index is 205. The van der Waals surface area contributed by atoms with Gasteiger partial charge in [-0.05, 0) is 33.4 Å². The summed E-state index contributed by atoms with van der Waals surface area (Å²) in [6.45, 7) is 3.35. The Hall–Kier alpha value is -0.900. The fourth-order valence-electron chi connectivity index (χ4n) is 1.28. The van der Waals surface area contributed by atoms with E-state index in [-0.39, 0.29) is 11.7 Å². The predicted octanol–water partition coefficient (Wildman–Crippen LogP) is 0.814. The third-order valence-corrected chi connectivity index (χ3v) is 2.32. The van der Waals surface area contributed by atoms with Gasteiger partial charge >= 0.3 is 0 Å². The van der Waals surface area contributed by atoms with Crippen molar-refractivity contribution in [1.29, 1.82) is 0 Å². The minimum Gasteiger partial charge on any atom is -0.359 e. The van der Waals surface area contributed by atoms with E-state index in [1.165, 1.54) is 0 Å². The number of ketones is 1. The van der Waals surface area contributed by atoms with Crippen molar-refractivity contribution in [2.75, 3.05) is 27.2 Å². The molecular formula is C11H22N2O2. The standard InChI is InChI=1S/C11H22N2O2/c1-10(14)6-4-5-8-13(3)9-7-11(15)12-2/h4-9H2,1-3H3,(H,12,15). The second-order valence-corrected chi connectivity index (χ2v) is 3.89. The molecule has 0 spiro atoms. The molecule has 0 bridgehead atoms. The highest BCUT2D eigenvalue weighted by Crippen LogP contribution is 1.98. The average molecular weight is 214 g/mol. The van der Waals surface area contributed by atoms with Gasteiger partial charge in [-0.15, -0.1) is 0 Å². The number of rotatable bonds is 8. The molecule has 15 heavy (non-hydrogen) atoms. The summed E-state index contributed by atoms with van der Waals surface area (Å²) in [5, 5.41) is 2.59. The molecule has 88 valence electrons. The fraction of sp³-hybridized carbons (Fsp3) is 0.818. The first-order valence-electron chi connectivity index (χ1n) is 5.45. The third-order valence-electron chi connectivity index (χ3n) is 2.32. The monoisotopic (exact) mass is 214 g/mol. The summed E-state index contributed by atoms with van der Waals surface area (Å²) in [5.41, 5.74) is 0. The van der Waals surface area contributed by atoms with E-state index in [0.717, 1.165) is 25.9 Å². The topological polar surface area (TPSA) is 49.4 Å². The molecule has 0 heterocycles. The molecule has 0 fully saturated rings. The van der Waals surface area contributed by atoms with Crippen molar-refractivity contribution in [3.05, 3.63) is 0 Å². The van der Waals surface area contributed by atoms with E-state index < -0.39 is 0 Å². The van der Waals surface area contributed by atoms with E-state index >= 15 is 0 Å². The molecule has 0 aromatic rings. The van der Waals surface area contributed by atoms with Crippen molar-refractivity contribution in [3.8, 4) is 0 Å². The molecule has 1 amide bonds. The fourth-order valence-corrected chi connectivity index (χ4v) is 1.28. The van der Waals surface area contributed by atoms with Gasteiger partial charge < -0.3 is 15.0 Å². The molecule has 0 aromatic carbocycles. The third kappa shape index (κ3) is 9.41. The maximum absolute atomic E-state index is 11.0. The molecule has 0 atom stereocenters. The Morgan fingerprint density at radius 1 is 1.13 bits per heavy atom. The van der Waals surface area contributed by atoms with E-state index in [0.29, 0.717) is 12.8 Å². The number of hydrogen-bond acceptors (Lipinski definition) is 3. The Kier molecular flexibility index (Phi) is 7.91. The summed E-state index contributed by atoms with van der Waals surface area (Å²) in [7, 11) is 3.64. The minimum atomic E-state index is 0.0746. The second kappa shape index (κ2) is 8.41. The highest BCUT2D eigenvalue weighted by molar-refractivity contribution is 5.75. The van der Waals surface area contributed by atoms with Crippen molar-refractivity contribution in [2.24, 2.45) is 0 Å². The van der Waals surface area contributed by atoms with Crippen LogP contribution in [0.3, 0.4) is 0 Å². The normalized spacial score (nSPS) is 10.4. The first-order valence-corrected chi connectivity index (χ1v) is 5.45. The van der Waals surface area contributed by atoms with E-state index in [1.807, 2.05) is 7.05 Å². The molecule has 0 aromatic heterocycles. The van der Waals surface area contributed by atoms with Crippen LogP contribution in [0, 0.1) is 0 Å². The van der Waals surface area contributed by atoms with Crippen LogP contribution in [0.15, 0.2) is 0 Å². The van der Waals surface area contributed by atoms with Crippen LogP contribution in [0.2, 0.25) is 0 Å². The SMILES string of the molecule is CNC(=O)CCN(C)CCCCC(C)=O. The molecule has 0 rings (SSSR count). The summed E-state index contributed by atoms with van der Waals surface area (Å²) in [4.78, 5) is 23.7. The zero-order valence-electron chi connectivity index (χ0n) is 10.0. The molecule has 0 saturated carbocycles. The first kappa shape index (κ1) is 14.1. The van der Waals surface area contributed by atoms with Gasteiger partial charge in [-0.2, -0.15) is 0 Å². The molecule has 0 saturated heterocycles. The van der Waals surface area contributed by atoms with Crippen molar-refractivity contribution in [3.63, 3.8) is 0 Å². The van der Waals surface area contributed by atoms with Gasteiger partial charge in [0, 0.05) is 26.4 Å². The Balaban J connectivity index is 3.37. The molecule has 0 aliphatic carbocycles. The Labute approximate surface area is 92.0 Å². The number of nitrogens with one attached hydrogen (secondary N) is 1. The molecule has 0 radical (unpaired) electrons. The van der Waals surface area contributed by atoms with Crippen molar-refractivity contribution < 1.29 is 9.59 Å². The van der Waals surface area contributed by atoms with Gasteiger partial charge in [-0.3, -0.25) is 4.79 Å². The van der Waals surface area contributed by atoms with E-state index in [2.05, 4.69) is 10.2 Å². The molecule has 0 unspecified atom stereocenters. The smallest absolute Gasteiger partial charge is 0.221 e. The molecule has 0 aliphatic rings. The zero-order chi connectivity index (χ0) is 11.7. The molecule has 4 nitrogen and oxygen atoms in total. The number of carbonyl (C=O) groups is 2. The lowest BCUT2D eigenvalue weighted by Gasteiger charge is -2.15. The van der Waals surface area contributed by atoms with Crippen LogP contribution in [0.5, 0.6) is 0 Å². The molecule has 1 N–H and O–H groups in total. The van der Waals surface area contributed by atoms with Crippen LogP contribution in [-0.2, 0) is 9.59 Å². The van der Waals surface area contributed by atoms with Gasteiger partial charge in [0.2, 0.25) is 5.91 Å². The molecule has 4 heteroatoms. The number of hydrogen-bond donors (Lipinski definition) is 1. The summed E-state index contributed by atoms with van der Waals surface area (Å²) in [5.74, 6) is 0.327. The maximum Gasteiger partial charge on any atom is 0.221 e. The van der Waals surface area contributed by atoms with E-state index in [4.69, 9.17) is 0 Å². The van der Waals surface area contributed by atoms with Gasteiger partial charge in [0.1, 0.15) is 5.78 Å². The zero-order valence-corrected chi connectivity index (χ0v) is 10.0. The predicted molar refractivity (Wildman–Crippen MR) is 60.7 cm³/mol. The largest absolute Gasteiger partial charge is 0.359 e. The lowest BCUT2D eigenvalue weighted by Crippen LogP contribution is -2.27. The number of Topliss-reactive ketones (excluding diaryl/α,β-unsaturated/α-hetero) is 1. The number of nitrogens with zero attached hydrogens (tertiary/aromatic N) is 1.